The lowest BCUT2D eigenvalue weighted by Gasteiger charge is -2.10. The number of rotatable bonds is 4. The van der Waals surface area contributed by atoms with Crippen LogP contribution in [0.15, 0.2) is 53.0 Å². The molecule has 4 heteroatoms. The SMILES string of the molecule is Cc1c(Br)cccc1NC(=O)CNc1ccccc1. The summed E-state index contributed by atoms with van der Waals surface area (Å²) in [5, 5.41) is 5.96. The minimum absolute atomic E-state index is 0.0648. The van der Waals surface area contributed by atoms with Gasteiger partial charge in [-0.1, -0.05) is 40.2 Å². The number of carbonyl (C=O) groups excluding carboxylic acids is 1. The van der Waals surface area contributed by atoms with Gasteiger partial charge in [0, 0.05) is 15.8 Å². The first-order chi connectivity index (χ1) is 9.16. The lowest BCUT2D eigenvalue weighted by Crippen LogP contribution is -2.22. The minimum Gasteiger partial charge on any atom is -0.376 e. The van der Waals surface area contributed by atoms with Gasteiger partial charge in [0.25, 0.3) is 0 Å². The summed E-state index contributed by atoms with van der Waals surface area (Å²) in [6.07, 6.45) is 0. The second kappa shape index (κ2) is 6.38. The van der Waals surface area contributed by atoms with Crippen molar-refractivity contribution in [1.29, 1.82) is 0 Å². The molecule has 98 valence electrons. The van der Waals surface area contributed by atoms with Gasteiger partial charge in [0.1, 0.15) is 0 Å². The maximum atomic E-state index is 11.9. The Morgan fingerprint density at radius 2 is 1.84 bits per heavy atom. The van der Waals surface area contributed by atoms with E-state index in [-0.39, 0.29) is 12.5 Å². The number of hydrogen-bond acceptors (Lipinski definition) is 2. The number of halogens is 1. The van der Waals surface area contributed by atoms with E-state index in [2.05, 4.69) is 26.6 Å². The second-order valence-electron chi connectivity index (χ2n) is 4.18. The van der Waals surface area contributed by atoms with Crippen molar-refractivity contribution in [2.75, 3.05) is 17.2 Å². The number of hydrogen-bond donors (Lipinski definition) is 2. The molecule has 0 atom stereocenters. The van der Waals surface area contributed by atoms with Crippen molar-refractivity contribution in [3.8, 4) is 0 Å². The maximum absolute atomic E-state index is 11.9. The van der Waals surface area contributed by atoms with Crippen LogP contribution in [0.3, 0.4) is 0 Å². The van der Waals surface area contributed by atoms with Crippen LogP contribution in [0.2, 0.25) is 0 Å². The van der Waals surface area contributed by atoms with Gasteiger partial charge >= 0.3 is 0 Å². The fourth-order valence-electron chi connectivity index (χ4n) is 1.68. The molecule has 0 saturated carbocycles. The number of anilines is 2. The Hall–Kier alpha value is -1.81. The van der Waals surface area contributed by atoms with Crippen molar-refractivity contribution in [3.05, 3.63) is 58.6 Å². The smallest absolute Gasteiger partial charge is 0.243 e. The summed E-state index contributed by atoms with van der Waals surface area (Å²) in [7, 11) is 0. The Morgan fingerprint density at radius 1 is 1.11 bits per heavy atom. The lowest BCUT2D eigenvalue weighted by molar-refractivity contribution is -0.114. The van der Waals surface area contributed by atoms with Gasteiger partial charge in [0.2, 0.25) is 5.91 Å². The Kier molecular flexibility index (Phi) is 4.58. The van der Waals surface area contributed by atoms with E-state index >= 15 is 0 Å². The van der Waals surface area contributed by atoms with E-state index < -0.39 is 0 Å². The van der Waals surface area contributed by atoms with Crippen molar-refractivity contribution >= 4 is 33.2 Å². The van der Waals surface area contributed by atoms with E-state index in [1.807, 2.05) is 55.5 Å². The number of carbonyl (C=O) groups is 1. The van der Waals surface area contributed by atoms with Gasteiger partial charge in [-0.15, -0.1) is 0 Å². The summed E-state index contributed by atoms with van der Waals surface area (Å²) in [6, 6.07) is 15.4. The normalized spacial score (nSPS) is 10.0. The summed E-state index contributed by atoms with van der Waals surface area (Å²) in [4.78, 5) is 11.9. The molecule has 0 aromatic heterocycles. The Balaban J connectivity index is 1.93. The molecule has 0 aliphatic rings. The van der Waals surface area contributed by atoms with E-state index in [9.17, 15) is 4.79 Å². The van der Waals surface area contributed by atoms with E-state index in [0.29, 0.717) is 0 Å². The second-order valence-corrected chi connectivity index (χ2v) is 5.03. The van der Waals surface area contributed by atoms with Gasteiger partial charge in [-0.25, -0.2) is 0 Å². The first kappa shape index (κ1) is 13.6. The lowest BCUT2D eigenvalue weighted by atomic mass is 10.2. The van der Waals surface area contributed by atoms with Crippen molar-refractivity contribution < 1.29 is 4.79 Å². The van der Waals surface area contributed by atoms with Gasteiger partial charge in [0.05, 0.1) is 6.54 Å². The Bertz CT molecular complexity index is 570. The fraction of sp³-hybridized carbons (Fsp3) is 0.133. The van der Waals surface area contributed by atoms with Crippen LogP contribution >= 0.6 is 15.9 Å². The van der Waals surface area contributed by atoms with E-state index in [4.69, 9.17) is 0 Å². The highest BCUT2D eigenvalue weighted by atomic mass is 79.9. The summed E-state index contributed by atoms with van der Waals surface area (Å²) in [6.45, 7) is 2.21. The molecule has 3 nitrogen and oxygen atoms in total. The van der Waals surface area contributed by atoms with Gasteiger partial charge in [-0.05, 0) is 36.8 Å². The molecule has 2 aromatic carbocycles. The zero-order valence-electron chi connectivity index (χ0n) is 10.6. The average Bonchev–Trinajstić information content (AvgIpc) is 2.43. The highest BCUT2D eigenvalue weighted by Crippen LogP contribution is 2.23. The molecular formula is C15H15BrN2O. The Morgan fingerprint density at radius 3 is 2.58 bits per heavy atom. The van der Waals surface area contributed by atoms with Crippen molar-refractivity contribution in [2.45, 2.75) is 6.92 Å². The van der Waals surface area contributed by atoms with E-state index in [1.165, 1.54) is 0 Å². The largest absolute Gasteiger partial charge is 0.376 e. The maximum Gasteiger partial charge on any atom is 0.243 e. The first-order valence-corrected chi connectivity index (χ1v) is 6.80. The van der Waals surface area contributed by atoms with Crippen LogP contribution < -0.4 is 10.6 Å². The van der Waals surface area contributed by atoms with E-state index in [1.54, 1.807) is 0 Å². The number of benzene rings is 2. The third-order valence-corrected chi connectivity index (χ3v) is 3.63. The zero-order chi connectivity index (χ0) is 13.7. The molecule has 19 heavy (non-hydrogen) atoms. The standard InChI is InChI=1S/C15H15BrN2O/c1-11-13(16)8-5-9-14(11)18-15(19)10-17-12-6-3-2-4-7-12/h2-9,17H,10H2,1H3,(H,18,19). The van der Waals surface area contributed by atoms with Crippen LogP contribution in [0.1, 0.15) is 5.56 Å². The fourth-order valence-corrected chi connectivity index (χ4v) is 2.04. The van der Waals surface area contributed by atoms with Gasteiger partial charge < -0.3 is 10.6 Å². The topological polar surface area (TPSA) is 41.1 Å². The third kappa shape index (κ3) is 3.83. The van der Waals surface area contributed by atoms with Crippen LogP contribution in [-0.2, 0) is 4.79 Å². The molecule has 1 amide bonds. The van der Waals surface area contributed by atoms with E-state index in [0.717, 1.165) is 21.4 Å². The zero-order valence-corrected chi connectivity index (χ0v) is 12.2. The average molecular weight is 319 g/mol. The molecule has 0 aliphatic heterocycles. The predicted molar refractivity (Wildman–Crippen MR) is 82.4 cm³/mol. The molecule has 0 spiro atoms. The number of para-hydroxylation sites is 1. The van der Waals surface area contributed by atoms with Crippen LogP contribution in [0.25, 0.3) is 0 Å². The molecular weight excluding hydrogens is 304 g/mol. The van der Waals surface area contributed by atoms with Gasteiger partial charge in [-0.2, -0.15) is 0 Å². The van der Waals surface area contributed by atoms with Crippen molar-refractivity contribution in [1.82, 2.24) is 0 Å². The van der Waals surface area contributed by atoms with Gasteiger partial charge in [-0.3, -0.25) is 4.79 Å². The molecule has 0 saturated heterocycles. The minimum atomic E-state index is -0.0648. The molecule has 0 aliphatic carbocycles. The summed E-state index contributed by atoms with van der Waals surface area (Å²) >= 11 is 3.44. The molecule has 0 bridgehead atoms. The quantitative estimate of drug-likeness (QED) is 0.900. The Labute approximate surface area is 121 Å². The van der Waals surface area contributed by atoms with Crippen LogP contribution in [0.4, 0.5) is 11.4 Å². The van der Waals surface area contributed by atoms with Crippen LogP contribution in [0, 0.1) is 6.92 Å². The molecule has 2 rings (SSSR count). The van der Waals surface area contributed by atoms with Crippen molar-refractivity contribution in [2.24, 2.45) is 0 Å². The molecule has 2 aromatic rings. The highest BCUT2D eigenvalue weighted by molar-refractivity contribution is 9.10. The summed E-state index contributed by atoms with van der Waals surface area (Å²) in [5.41, 5.74) is 2.79. The molecule has 2 N–H and O–H groups in total. The monoisotopic (exact) mass is 318 g/mol. The molecule has 0 heterocycles. The molecule has 0 fully saturated rings. The first-order valence-electron chi connectivity index (χ1n) is 6.00. The van der Waals surface area contributed by atoms with Crippen LogP contribution in [-0.4, -0.2) is 12.5 Å². The third-order valence-electron chi connectivity index (χ3n) is 2.77. The highest BCUT2D eigenvalue weighted by Gasteiger charge is 2.06. The number of nitrogens with one attached hydrogen (secondary N) is 2. The summed E-state index contributed by atoms with van der Waals surface area (Å²) < 4.78 is 0.987. The number of amides is 1. The predicted octanol–water partition coefficient (Wildman–Crippen LogP) is 3.81. The van der Waals surface area contributed by atoms with Gasteiger partial charge in [0.15, 0.2) is 0 Å². The summed E-state index contributed by atoms with van der Waals surface area (Å²) in [5.74, 6) is -0.0648. The van der Waals surface area contributed by atoms with Crippen LogP contribution in [0.5, 0.6) is 0 Å². The molecule has 0 unspecified atom stereocenters. The molecule has 0 radical (unpaired) electrons. The van der Waals surface area contributed by atoms with Crippen molar-refractivity contribution in [3.63, 3.8) is 0 Å².